The van der Waals surface area contributed by atoms with Gasteiger partial charge < -0.3 is 25.3 Å². The third kappa shape index (κ3) is 5.61. The molecule has 0 atom stereocenters. The minimum atomic E-state index is -0.473. The highest BCUT2D eigenvalue weighted by atomic mass is 16.5. The van der Waals surface area contributed by atoms with E-state index in [1.165, 1.54) is 33.5 Å². The van der Waals surface area contributed by atoms with Crippen LogP contribution in [0.2, 0.25) is 0 Å². The van der Waals surface area contributed by atoms with Crippen LogP contribution in [0, 0.1) is 0 Å². The van der Waals surface area contributed by atoms with Crippen LogP contribution in [-0.4, -0.2) is 45.4 Å². The van der Waals surface area contributed by atoms with Crippen LogP contribution < -0.4 is 30.7 Å². The molecule has 9 nitrogen and oxygen atoms in total. The van der Waals surface area contributed by atoms with Gasteiger partial charge in [0, 0.05) is 11.3 Å². The lowest BCUT2D eigenvalue weighted by Crippen LogP contribution is -2.35. The van der Waals surface area contributed by atoms with E-state index in [0.717, 1.165) is 5.56 Å². The summed E-state index contributed by atoms with van der Waals surface area (Å²) in [6, 6.07) is 10.1. The van der Waals surface area contributed by atoms with Gasteiger partial charge in [-0.1, -0.05) is 12.1 Å². The Morgan fingerprint density at radius 3 is 2.07 bits per heavy atom. The number of hydrogen-bond acceptors (Lipinski definition) is 7. The molecule has 0 heterocycles. The second-order valence-corrected chi connectivity index (χ2v) is 5.95. The molecule has 4 N–H and O–H groups in total. The molecule has 154 valence electrons. The summed E-state index contributed by atoms with van der Waals surface area (Å²) in [6.07, 6.45) is 0. The van der Waals surface area contributed by atoms with E-state index in [4.69, 9.17) is 19.9 Å². The quantitative estimate of drug-likeness (QED) is 0.351. The number of carbonyl (C=O) groups excluding carboxylic acids is 2. The summed E-state index contributed by atoms with van der Waals surface area (Å²) in [7, 11) is 4.37. The number of ether oxygens (including phenoxy) is 3. The molecule has 0 radical (unpaired) electrons. The molecule has 29 heavy (non-hydrogen) atoms. The van der Waals surface area contributed by atoms with Gasteiger partial charge in [-0.05, 0) is 36.8 Å². The smallest absolute Gasteiger partial charge is 0.259 e. The number of methoxy groups -OCH3 is 3. The molecule has 0 aliphatic carbocycles. The number of carbonyl (C=O) groups is 2. The first kappa shape index (κ1) is 21.5. The topological polar surface area (TPSA) is 124 Å². The average Bonchev–Trinajstić information content (AvgIpc) is 2.74. The Labute approximate surface area is 168 Å². The average molecular weight is 400 g/mol. The number of rotatable bonds is 8. The zero-order valence-electron chi connectivity index (χ0n) is 16.7. The van der Waals surface area contributed by atoms with Crippen LogP contribution >= 0.6 is 0 Å². The zero-order chi connectivity index (χ0) is 21.4. The normalized spacial score (nSPS) is 10.8. The van der Waals surface area contributed by atoms with E-state index < -0.39 is 11.8 Å². The fourth-order valence-electron chi connectivity index (χ4n) is 2.45. The maximum atomic E-state index is 12.4. The lowest BCUT2D eigenvalue weighted by molar-refractivity contribution is -0.120. The molecule has 0 aliphatic rings. The van der Waals surface area contributed by atoms with E-state index in [9.17, 15) is 9.59 Å². The van der Waals surface area contributed by atoms with Gasteiger partial charge in [-0.15, -0.1) is 0 Å². The van der Waals surface area contributed by atoms with Crippen molar-refractivity contribution in [2.45, 2.75) is 6.92 Å². The van der Waals surface area contributed by atoms with Gasteiger partial charge in [0.25, 0.3) is 11.8 Å². The van der Waals surface area contributed by atoms with Crippen molar-refractivity contribution in [2.75, 3.05) is 33.6 Å². The highest BCUT2D eigenvalue weighted by Crippen LogP contribution is 2.38. The number of benzene rings is 2. The summed E-state index contributed by atoms with van der Waals surface area (Å²) in [5.74, 6) is 0.103. The molecule has 0 bridgehead atoms. The Morgan fingerprint density at radius 2 is 1.55 bits per heavy atom. The Morgan fingerprint density at radius 1 is 0.966 bits per heavy atom. The third-order valence-electron chi connectivity index (χ3n) is 4.01. The van der Waals surface area contributed by atoms with Crippen molar-refractivity contribution in [2.24, 2.45) is 5.10 Å². The lowest BCUT2D eigenvalue weighted by atomic mass is 10.1. The van der Waals surface area contributed by atoms with Crippen LogP contribution in [0.1, 0.15) is 22.8 Å². The van der Waals surface area contributed by atoms with E-state index >= 15 is 0 Å². The summed E-state index contributed by atoms with van der Waals surface area (Å²) in [5, 5.41) is 6.54. The lowest BCUT2D eigenvalue weighted by Gasteiger charge is -2.14. The van der Waals surface area contributed by atoms with Crippen molar-refractivity contribution in [1.82, 2.24) is 10.7 Å². The molecule has 2 rings (SSSR count). The van der Waals surface area contributed by atoms with E-state index in [-0.39, 0.29) is 12.1 Å². The largest absolute Gasteiger partial charge is 0.493 e. The summed E-state index contributed by atoms with van der Waals surface area (Å²) < 4.78 is 15.7. The van der Waals surface area contributed by atoms with Crippen LogP contribution in [0.25, 0.3) is 0 Å². The Bertz CT molecular complexity index is 885. The van der Waals surface area contributed by atoms with Crippen molar-refractivity contribution in [3.8, 4) is 17.2 Å². The van der Waals surface area contributed by atoms with Gasteiger partial charge in [0.05, 0.1) is 33.6 Å². The summed E-state index contributed by atoms with van der Waals surface area (Å²) >= 11 is 0. The van der Waals surface area contributed by atoms with Crippen LogP contribution in [-0.2, 0) is 4.79 Å². The molecule has 0 aliphatic heterocycles. The van der Waals surface area contributed by atoms with E-state index in [1.54, 1.807) is 31.2 Å². The maximum Gasteiger partial charge on any atom is 0.259 e. The fraction of sp³-hybridized carbons (Fsp3) is 0.250. The Hall–Kier alpha value is -3.75. The number of anilines is 1. The van der Waals surface area contributed by atoms with Crippen molar-refractivity contribution in [3.05, 3.63) is 47.5 Å². The summed E-state index contributed by atoms with van der Waals surface area (Å²) in [6.45, 7) is 1.49. The van der Waals surface area contributed by atoms with Crippen molar-refractivity contribution >= 4 is 23.2 Å². The second kappa shape index (κ2) is 9.98. The van der Waals surface area contributed by atoms with Crippen LogP contribution in [0.4, 0.5) is 5.69 Å². The van der Waals surface area contributed by atoms with E-state index in [2.05, 4.69) is 15.8 Å². The number of nitrogen functional groups attached to an aromatic ring is 1. The predicted octanol–water partition coefficient (Wildman–Crippen LogP) is 1.56. The highest BCUT2D eigenvalue weighted by Gasteiger charge is 2.17. The predicted molar refractivity (Wildman–Crippen MR) is 110 cm³/mol. The monoisotopic (exact) mass is 400 g/mol. The standard InChI is InChI=1S/C20H24N4O5/c1-12(13-5-7-15(21)8-6-13)23-24-18(25)11-22-20(26)14-9-16(27-2)19(29-4)17(10-14)28-3/h5-10H,11,21H2,1-4H3,(H,22,26)(H,24,25)/b23-12-. The number of nitrogens with zero attached hydrogens (tertiary/aromatic N) is 1. The van der Waals surface area contributed by atoms with Gasteiger partial charge in [-0.2, -0.15) is 5.10 Å². The molecule has 0 unspecified atom stereocenters. The molecular weight excluding hydrogens is 376 g/mol. The molecular formula is C20H24N4O5. The SMILES string of the molecule is COc1cc(C(=O)NCC(=O)N/N=C(/C)c2ccc(N)cc2)cc(OC)c1OC. The van der Waals surface area contributed by atoms with Crippen molar-refractivity contribution in [3.63, 3.8) is 0 Å². The van der Waals surface area contributed by atoms with Crippen LogP contribution in [0.15, 0.2) is 41.5 Å². The number of amides is 2. The fourth-order valence-corrected chi connectivity index (χ4v) is 2.45. The van der Waals surface area contributed by atoms with E-state index in [0.29, 0.717) is 28.6 Å². The highest BCUT2D eigenvalue weighted by molar-refractivity contribution is 6.00. The molecule has 0 aromatic heterocycles. The number of hydrogen-bond donors (Lipinski definition) is 3. The van der Waals surface area contributed by atoms with E-state index in [1.807, 2.05) is 0 Å². The van der Waals surface area contributed by atoms with Crippen molar-refractivity contribution in [1.29, 1.82) is 0 Å². The first-order chi connectivity index (χ1) is 13.9. The third-order valence-corrected chi connectivity index (χ3v) is 4.01. The molecule has 0 saturated heterocycles. The maximum absolute atomic E-state index is 12.4. The first-order valence-electron chi connectivity index (χ1n) is 8.66. The van der Waals surface area contributed by atoms with Gasteiger partial charge in [-0.25, -0.2) is 5.43 Å². The molecule has 2 aromatic carbocycles. The molecule has 2 aromatic rings. The minimum Gasteiger partial charge on any atom is -0.493 e. The number of nitrogens with two attached hydrogens (primary N) is 1. The van der Waals surface area contributed by atoms with Gasteiger partial charge in [0.1, 0.15) is 0 Å². The molecule has 0 saturated carbocycles. The van der Waals surface area contributed by atoms with Gasteiger partial charge in [-0.3, -0.25) is 9.59 Å². The Balaban J connectivity index is 1.98. The summed E-state index contributed by atoms with van der Waals surface area (Å²) in [5.41, 5.74) is 10.4. The van der Waals surface area contributed by atoms with Crippen LogP contribution in [0.5, 0.6) is 17.2 Å². The molecule has 0 fully saturated rings. The molecule has 9 heteroatoms. The summed E-state index contributed by atoms with van der Waals surface area (Å²) in [4.78, 5) is 24.4. The van der Waals surface area contributed by atoms with Gasteiger partial charge >= 0.3 is 0 Å². The second-order valence-electron chi connectivity index (χ2n) is 5.95. The zero-order valence-corrected chi connectivity index (χ0v) is 16.7. The van der Waals surface area contributed by atoms with Crippen molar-refractivity contribution < 1.29 is 23.8 Å². The Kier molecular flexibility index (Phi) is 7.41. The van der Waals surface area contributed by atoms with Gasteiger partial charge in [0.15, 0.2) is 11.5 Å². The van der Waals surface area contributed by atoms with Gasteiger partial charge in [0.2, 0.25) is 5.75 Å². The van der Waals surface area contributed by atoms with Crippen LogP contribution in [0.3, 0.4) is 0 Å². The molecule has 2 amide bonds. The first-order valence-corrected chi connectivity index (χ1v) is 8.66. The minimum absolute atomic E-state index is 0.256. The number of nitrogens with one attached hydrogen (secondary N) is 2. The number of hydrazone groups is 1. The molecule has 0 spiro atoms.